The molecule has 0 atom stereocenters. The smallest absolute Gasteiger partial charge is 0.127 e. The van der Waals surface area contributed by atoms with Gasteiger partial charge in [-0.05, 0) is 18.2 Å². The van der Waals surface area contributed by atoms with Gasteiger partial charge in [-0.3, -0.25) is 4.90 Å². The van der Waals surface area contributed by atoms with Crippen molar-refractivity contribution in [2.45, 2.75) is 20.0 Å². The molecule has 0 aliphatic rings. The first-order valence-corrected chi connectivity index (χ1v) is 6.25. The van der Waals surface area contributed by atoms with Gasteiger partial charge in [0.2, 0.25) is 0 Å². The van der Waals surface area contributed by atoms with E-state index in [0.29, 0.717) is 5.82 Å². The van der Waals surface area contributed by atoms with E-state index in [-0.39, 0.29) is 0 Å². The molecule has 1 aromatic heterocycles. The molecule has 0 saturated carbocycles. The predicted molar refractivity (Wildman–Crippen MR) is 74.9 cm³/mol. The monoisotopic (exact) mass is 241 g/mol. The molecule has 0 amide bonds. The molecule has 0 saturated heterocycles. The van der Waals surface area contributed by atoms with Crippen molar-refractivity contribution in [3.63, 3.8) is 0 Å². The summed E-state index contributed by atoms with van der Waals surface area (Å²) in [5.74, 6) is 0.629. The number of hydrogen-bond acceptors (Lipinski definition) is 3. The third-order valence-electron chi connectivity index (χ3n) is 3.02. The van der Waals surface area contributed by atoms with Gasteiger partial charge in [0.25, 0.3) is 0 Å². The summed E-state index contributed by atoms with van der Waals surface area (Å²) in [4.78, 5) is 6.47. The maximum absolute atomic E-state index is 5.88. The molecule has 3 heteroatoms. The highest BCUT2D eigenvalue weighted by Crippen LogP contribution is 2.13. The first-order chi connectivity index (χ1) is 8.79. The van der Waals surface area contributed by atoms with E-state index < -0.39 is 0 Å². The molecule has 1 heterocycles. The van der Waals surface area contributed by atoms with E-state index in [0.717, 1.165) is 25.2 Å². The molecule has 0 aliphatic carbocycles. The summed E-state index contributed by atoms with van der Waals surface area (Å²) in [7, 11) is 0. The highest BCUT2D eigenvalue weighted by Gasteiger charge is 2.07. The Balaban J connectivity index is 2.04. The summed E-state index contributed by atoms with van der Waals surface area (Å²) in [6, 6.07) is 14.4. The van der Waals surface area contributed by atoms with E-state index >= 15 is 0 Å². The first kappa shape index (κ1) is 12.6. The highest BCUT2D eigenvalue weighted by molar-refractivity contribution is 5.38. The third kappa shape index (κ3) is 3.31. The van der Waals surface area contributed by atoms with Gasteiger partial charge in [-0.15, -0.1) is 0 Å². The molecule has 2 rings (SSSR count). The van der Waals surface area contributed by atoms with Gasteiger partial charge < -0.3 is 5.73 Å². The van der Waals surface area contributed by atoms with Crippen molar-refractivity contribution in [2.75, 3.05) is 12.3 Å². The topological polar surface area (TPSA) is 42.2 Å². The van der Waals surface area contributed by atoms with Crippen molar-refractivity contribution in [2.24, 2.45) is 0 Å². The zero-order valence-electron chi connectivity index (χ0n) is 10.7. The second-order valence-corrected chi connectivity index (χ2v) is 4.34. The Hall–Kier alpha value is -1.87. The number of rotatable bonds is 5. The van der Waals surface area contributed by atoms with E-state index in [1.165, 1.54) is 5.56 Å². The van der Waals surface area contributed by atoms with E-state index in [2.05, 4.69) is 41.1 Å². The van der Waals surface area contributed by atoms with Crippen molar-refractivity contribution >= 4 is 5.82 Å². The van der Waals surface area contributed by atoms with Crippen molar-refractivity contribution in [1.82, 2.24) is 9.88 Å². The quantitative estimate of drug-likeness (QED) is 0.875. The van der Waals surface area contributed by atoms with Crippen molar-refractivity contribution in [1.29, 1.82) is 0 Å². The molecule has 0 fully saturated rings. The summed E-state index contributed by atoms with van der Waals surface area (Å²) < 4.78 is 0. The largest absolute Gasteiger partial charge is 0.383 e. The summed E-state index contributed by atoms with van der Waals surface area (Å²) in [6.07, 6.45) is 1.73. The highest BCUT2D eigenvalue weighted by atomic mass is 15.1. The minimum Gasteiger partial charge on any atom is -0.383 e. The predicted octanol–water partition coefficient (Wildman–Crippen LogP) is 2.69. The maximum atomic E-state index is 5.88. The van der Waals surface area contributed by atoms with Crippen LogP contribution in [0.5, 0.6) is 0 Å². The molecular weight excluding hydrogens is 222 g/mol. The molecule has 0 radical (unpaired) electrons. The van der Waals surface area contributed by atoms with E-state index in [9.17, 15) is 0 Å². The molecule has 2 aromatic rings. The minimum atomic E-state index is 0.629. The normalized spacial score (nSPS) is 10.8. The molecule has 94 valence electrons. The Bertz CT molecular complexity index is 482. The van der Waals surface area contributed by atoms with Crippen LogP contribution in [0.1, 0.15) is 18.1 Å². The molecular formula is C15H19N3. The molecule has 0 bridgehead atoms. The number of anilines is 1. The lowest BCUT2D eigenvalue weighted by Gasteiger charge is -2.21. The van der Waals surface area contributed by atoms with Crippen LogP contribution in [0.4, 0.5) is 5.82 Å². The van der Waals surface area contributed by atoms with E-state index in [1.54, 1.807) is 6.20 Å². The Labute approximate surface area is 108 Å². The van der Waals surface area contributed by atoms with E-state index in [4.69, 9.17) is 5.73 Å². The van der Waals surface area contributed by atoms with Crippen LogP contribution in [0, 0.1) is 0 Å². The second-order valence-electron chi connectivity index (χ2n) is 4.34. The number of pyridine rings is 1. The van der Waals surface area contributed by atoms with Crippen LogP contribution in [-0.4, -0.2) is 16.4 Å². The van der Waals surface area contributed by atoms with Crippen LogP contribution in [-0.2, 0) is 13.1 Å². The average Bonchev–Trinajstić information content (AvgIpc) is 2.41. The number of hydrogen-bond donors (Lipinski definition) is 1. The number of nitrogen functional groups attached to an aromatic ring is 1. The molecule has 18 heavy (non-hydrogen) atoms. The number of aromatic nitrogens is 1. The molecule has 0 spiro atoms. The summed E-state index contributed by atoms with van der Waals surface area (Å²) >= 11 is 0. The van der Waals surface area contributed by atoms with Gasteiger partial charge in [0.1, 0.15) is 5.82 Å². The van der Waals surface area contributed by atoms with Crippen molar-refractivity contribution in [3.05, 3.63) is 59.8 Å². The van der Waals surface area contributed by atoms with Gasteiger partial charge in [-0.2, -0.15) is 0 Å². The number of nitrogens with two attached hydrogens (primary N) is 1. The van der Waals surface area contributed by atoms with Crippen LogP contribution < -0.4 is 5.73 Å². The molecule has 3 nitrogen and oxygen atoms in total. The fourth-order valence-corrected chi connectivity index (χ4v) is 1.95. The van der Waals surface area contributed by atoms with Crippen LogP contribution in [0.3, 0.4) is 0 Å². The van der Waals surface area contributed by atoms with Crippen LogP contribution in [0.2, 0.25) is 0 Å². The van der Waals surface area contributed by atoms with Crippen LogP contribution in [0.15, 0.2) is 48.7 Å². The fraction of sp³-hybridized carbons (Fsp3) is 0.267. The maximum Gasteiger partial charge on any atom is 0.127 e. The number of benzene rings is 1. The Morgan fingerprint density at radius 1 is 1.06 bits per heavy atom. The standard InChI is InChI=1S/C15H19N3/c1-2-18(11-13-7-4-3-5-8-13)12-14-9-6-10-17-15(14)16/h3-10H,2,11-12H2,1H3,(H2,16,17). The van der Waals surface area contributed by atoms with Gasteiger partial charge in [0.05, 0.1) is 0 Å². The lowest BCUT2D eigenvalue weighted by Crippen LogP contribution is -2.23. The van der Waals surface area contributed by atoms with Gasteiger partial charge in [-0.25, -0.2) is 4.98 Å². The van der Waals surface area contributed by atoms with E-state index in [1.807, 2.05) is 18.2 Å². The Morgan fingerprint density at radius 2 is 1.83 bits per heavy atom. The molecule has 1 aromatic carbocycles. The fourth-order valence-electron chi connectivity index (χ4n) is 1.95. The van der Waals surface area contributed by atoms with Gasteiger partial charge in [0, 0.05) is 24.8 Å². The SMILES string of the molecule is CCN(Cc1ccccc1)Cc1cccnc1N. The summed E-state index contributed by atoms with van der Waals surface area (Å²) in [5.41, 5.74) is 8.29. The first-order valence-electron chi connectivity index (χ1n) is 6.25. The van der Waals surface area contributed by atoms with Crippen molar-refractivity contribution < 1.29 is 0 Å². The minimum absolute atomic E-state index is 0.629. The lowest BCUT2D eigenvalue weighted by atomic mass is 10.2. The van der Waals surface area contributed by atoms with Gasteiger partial charge in [0.15, 0.2) is 0 Å². The van der Waals surface area contributed by atoms with Gasteiger partial charge >= 0.3 is 0 Å². The zero-order valence-corrected chi connectivity index (χ0v) is 10.7. The summed E-state index contributed by atoms with van der Waals surface area (Å²) in [6.45, 7) is 4.93. The lowest BCUT2D eigenvalue weighted by molar-refractivity contribution is 0.271. The molecule has 2 N–H and O–H groups in total. The molecule has 0 unspecified atom stereocenters. The Morgan fingerprint density at radius 3 is 2.50 bits per heavy atom. The van der Waals surface area contributed by atoms with Crippen LogP contribution in [0.25, 0.3) is 0 Å². The third-order valence-corrected chi connectivity index (χ3v) is 3.02. The second kappa shape index (κ2) is 6.17. The van der Waals surface area contributed by atoms with Crippen molar-refractivity contribution in [3.8, 4) is 0 Å². The van der Waals surface area contributed by atoms with Crippen LogP contribution >= 0.6 is 0 Å². The number of nitrogens with zero attached hydrogens (tertiary/aromatic N) is 2. The zero-order chi connectivity index (χ0) is 12.8. The van der Waals surface area contributed by atoms with Gasteiger partial charge in [-0.1, -0.05) is 43.3 Å². The average molecular weight is 241 g/mol. The summed E-state index contributed by atoms with van der Waals surface area (Å²) in [5, 5.41) is 0. The molecule has 0 aliphatic heterocycles. The Kier molecular flexibility index (Phi) is 4.31.